The van der Waals surface area contributed by atoms with E-state index in [-0.39, 0.29) is 11.8 Å². The van der Waals surface area contributed by atoms with Gasteiger partial charge in [-0.3, -0.25) is 0 Å². The second-order valence-corrected chi connectivity index (χ2v) is 6.83. The van der Waals surface area contributed by atoms with Gasteiger partial charge in [0.1, 0.15) is 11.5 Å². The molecule has 22 heavy (non-hydrogen) atoms. The van der Waals surface area contributed by atoms with Gasteiger partial charge in [0.15, 0.2) is 0 Å². The van der Waals surface area contributed by atoms with Crippen LogP contribution in [0.4, 0.5) is 19.0 Å². The van der Waals surface area contributed by atoms with Crippen molar-refractivity contribution in [1.82, 2.24) is 4.98 Å². The molecule has 0 spiro atoms. The molecule has 1 aromatic rings. The number of alkyl halides is 3. The summed E-state index contributed by atoms with van der Waals surface area (Å²) in [7, 11) is 0. The number of rotatable bonds is 2. The van der Waals surface area contributed by atoms with Crippen LogP contribution in [-0.4, -0.2) is 28.8 Å². The van der Waals surface area contributed by atoms with E-state index in [0.29, 0.717) is 24.8 Å². The lowest BCUT2D eigenvalue weighted by Crippen LogP contribution is -2.42. The van der Waals surface area contributed by atoms with Crippen molar-refractivity contribution in [2.45, 2.75) is 38.5 Å². The Bertz CT molecular complexity index is 561. The average Bonchev–Trinajstić information content (AvgIpc) is 3.00. The fourth-order valence-corrected chi connectivity index (χ4v) is 3.99. The van der Waals surface area contributed by atoms with Gasteiger partial charge < -0.3 is 10.0 Å². The van der Waals surface area contributed by atoms with Crippen molar-refractivity contribution in [2.75, 3.05) is 18.0 Å². The summed E-state index contributed by atoms with van der Waals surface area (Å²) in [5, 5.41) is 10.9. The molecule has 0 unspecified atom stereocenters. The van der Waals surface area contributed by atoms with E-state index in [1.807, 2.05) is 18.7 Å². The lowest BCUT2D eigenvalue weighted by molar-refractivity contribution is -0.141. The number of halogens is 3. The number of hydrogen-bond donors (Lipinski definition) is 1. The van der Waals surface area contributed by atoms with Crippen molar-refractivity contribution in [3.8, 4) is 0 Å². The molecule has 1 N–H and O–H groups in total. The Hall–Kier alpha value is -1.30. The number of pyridine rings is 1. The van der Waals surface area contributed by atoms with Crippen LogP contribution in [0, 0.1) is 17.8 Å². The second kappa shape index (κ2) is 5.11. The van der Waals surface area contributed by atoms with Crippen LogP contribution < -0.4 is 4.90 Å². The first-order valence-electron chi connectivity index (χ1n) is 7.73. The smallest absolute Gasteiger partial charge is 0.389 e. The third kappa shape index (κ3) is 2.47. The fourth-order valence-electron chi connectivity index (χ4n) is 3.99. The summed E-state index contributed by atoms with van der Waals surface area (Å²) in [4.78, 5) is 5.65. The summed E-state index contributed by atoms with van der Waals surface area (Å²) in [6.45, 7) is 5.27. The molecule has 3 rings (SSSR count). The number of fused-ring (bicyclic) bond motifs is 1. The minimum absolute atomic E-state index is 0.115. The lowest BCUT2D eigenvalue weighted by atomic mass is 9.80. The van der Waals surface area contributed by atoms with Crippen molar-refractivity contribution in [3.05, 3.63) is 23.9 Å². The van der Waals surface area contributed by atoms with Gasteiger partial charge in [0.05, 0.1) is 5.60 Å². The molecule has 1 aliphatic heterocycles. The molecule has 3 nitrogen and oxygen atoms in total. The van der Waals surface area contributed by atoms with E-state index in [1.54, 1.807) is 6.07 Å². The summed E-state index contributed by atoms with van der Waals surface area (Å²) in [5.74, 6) is 0.958. The molecule has 6 heteroatoms. The largest absolute Gasteiger partial charge is 0.433 e. The Morgan fingerprint density at radius 2 is 2.05 bits per heavy atom. The van der Waals surface area contributed by atoms with Crippen LogP contribution in [0.15, 0.2) is 18.2 Å². The maximum Gasteiger partial charge on any atom is 0.433 e. The predicted molar refractivity (Wildman–Crippen MR) is 77.5 cm³/mol. The predicted octanol–water partition coefficient (Wildman–Crippen LogP) is 3.33. The molecule has 0 aromatic carbocycles. The molecule has 0 amide bonds. The minimum Gasteiger partial charge on any atom is -0.389 e. The Kier molecular flexibility index (Phi) is 3.62. The number of anilines is 1. The van der Waals surface area contributed by atoms with Gasteiger partial charge >= 0.3 is 6.18 Å². The Labute approximate surface area is 128 Å². The Morgan fingerprint density at radius 1 is 1.32 bits per heavy atom. The molecule has 0 bridgehead atoms. The average molecular weight is 314 g/mol. The van der Waals surface area contributed by atoms with E-state index in [2.05, 4.69) is 4.98 Å². The van der Waals surface area contributed by atoms with Crippen molar-refractivity contribution >= 4 is 5.82 Å². The number of aliphatic hydroxyl groups is 1. The quantitative estimate of drug-likeness (QED) is 0.909. The maximum absolute atomic E-state index is 12.8. The zero-order valence-corrected chi connectivity index (χ0v) is 12.8. The van der Waals surface area contributed by atoms with E-state index in [9.17, 15) is 18.3 Å². The van der Waals surface area contributed by atoms with Crippen LogP contribution in [0.1, 0.15) is 32.4 Å². The van der Waals surface area contributed by atoms with Gasteiger partial charge in [0.25, 0.3) is 0 Å². The normalized spacial score (nSPS) is 31.9. The van der Waals surface area contributed by atoms with Gasteiger partial charge in [0.2, 0.25) is 0 Å². The first kappa shape index (κ1) is 15.6. The summed E-state index contributed by atoms with van der Waals surface area (Å²) in [6.07, 6.45) is -2.72. The van der Waals surface area contributed by atoms with Crippen molar-refractivity contribution in [1.29, 1.82) is 0 Å². The number of aromatic nitrogens is 1. The van der Waals surface area contributed by atoms with E-state index in [0.717, 1.165) is 18.9 Å². The molecule has 1 aliphatic carbocycles. The number of hydrogen-bond acceptors (Lipinski definition) is 3. The van der Waals surface area contributed by atoms with Gasteiger partial charge in [0, 0.05) is 19.0 Å². The molecule has 122 valence electrons. The van der Waals surface area contributed by atoms with Crippen LogP contribution in [0.3, 0.4) is 0 Å². The molecular weight excluding hydrogens is 293 g/mol. The second-order valence-electron chi connectivity index (χ2n) is 6.83. The third-order valence-corrected chi connectivity index (χ3v) is 5.35. The maximum atomic E-state index is 12.8. The zero-order valence-electron chi connectivity index (χ0n) is 12.8. The highest BCUT2D eigenvalue weighted by Gasteiger charge is 2.53. The van der Waals surface area contributed by atoms with Gasteiger partial charge in [-0.25, -0.2) is 4.98 Å². The van der Waals surface area contributed by atoms with Crippen molar-refractivity contribution < 1.29 is 18.3 Å². The van der Waals surface area contributed by atoms with Crippen LogP contribution in [0.5, 0.6) is 0 Å². The summed E-state index contributed by atoms with van der Waals surface area (Å²) >= 11 is 0. The van der Waals surface area contributed by atoms with Crippen molar-refractivity contribution in [3.63, 3.8) is 0 Å². The van der Waals surface area contributed by atoms with E-state index in [1.165, 1.54) is 6.07 Å². The van der Waals surface area contributed by atoms with E-state index < -0.39 is 17.5 Å². The van der Waals surface area contributed by atoms with Crippen LogP contribution in [0.25, 0.3) is 0 Å². The highest BCUT2D eigenvalue weighted by atomic mass is 19.4. The minimum atomic E-state index is -4.43. The summed E-state index contributed by atoms with van der Waals surface area (Å²) in [5.41, 5.74) is -1.57. The number of nitrogens with zero attached hydrogens (tertiary/aromatic N) is 2. The third-order valence-electron chi connectivity index (χ3n) is 5.35. The highest BCUT2D eigenvalue weighted by Crippen LogP contribution is 2.49. The topological polar surface area (TPSA) is 36.4 Å². The molecule has 2 heterocycles. The van der Waals surface area contributed by atoms with E-state index in [4.69, 9.17) is 0 Å². The van der Waals surface area contributed by atoms with Crippen LogP contribution in [0.2, 0.25) is 0 Å². The van der Waals surface area contributed by atoms with Crippen LogP contribution in [-0.2, 0) is 6.18 Å². The summed E-state index contributed by atoms with van der Waals surface area (Å²) in [6, 6.07) is 4.00. The molecule has 3 atom stereocenters. The molecule has 1 saturated heterocycles. The zero-order chi connectivity index (χ0) is 16.1. The summed E-state index contributed by atoms with van der Waals surface area (Å²) < 4.78 is 38.4. The first-order chi connectivity index (χ1) is 10.2. The lowest BCUT2D eigenvalue weighted by Gasteiger charge is -2.34. The van der Waals surface area contributed by atoms with Gasteiger partial charge in [-0.1, -0.05) is 19.9 Å². The van der Waals surface area contributed by atoms with Gasteiger partial charge in [-0.15, -0.1) is 0 Å². The molecule has 2 aliphatic rings. The van der Waals surface area contributed by atoms with Crippen molar-refractivity contribution in [2.24, 2.45) is 17.8 Å². The Morgan fingerprint density at radius 3 is 2.68 bits per heavy atom. The molecule has 2 fully saturated rings. The molecule has 0 radical (unpaired) electrons. The van der Waals surface area contributed by atoms with Gasteiger partial charge in [-0.05, 0) is 36.8 Å². The van der Waals surface area contributed by atoms with Crippen LogP contribution >= 0.6 is 0 Å². The molecular formula is C16H21F3N2O. The van der Waals surface area contributed by atoms with Gasteiger partial charge in [-0.2, -0.15) is 13.2 Å². The fraction of sp³-hybridized carbons (Fsp3) is 0.688. The monoisotopic (exact) mass is 314 g/mol. The molecule has 1 aromatic heterocycles. The van der Waals surface area contributed by atoms with E-state index >= 15 is 0 Å². The first-order valence-corrected chi connectivity index (χ1v) is 7.73. The SMILES string of the molecule is CC(C)[C@@]1(O)CC[C@@H]2CN(c3cccc(C(F)(F)F)n3)C[C@@H]21. The standard InChI is InChI=1S/C16H21F3N2O/c1-10(2)15(22)7-6-11-8-21(9-12(11)15)14-5-3-4-13(20-14)16(17,18)19/h3-5,10-12,22H,6-9H2,1-2H3/t11-,12+,15+/m1/s1. The molecule has 1 saturated carbocycles. The Balaban J connectivity index is 1.82. The highest BCUT2D eigenvalue weighted by molar-refractivity contribution is 5.42.